The summed E-state index contributed by atoms with van der Waals surface area (Å²) in [5, 5.41) is 13.4. The second-order valence-electron chi connectivity index (χ2n) is 5.83. The van der Waals surface area contributed by atoms with E-state index in [9.17, 15) is 23.1 Å². The average Bonchev–Trinajstić information content (AvgIpc) is 3.13. The zero-order valence-electron chi connectivity index (χ0n) is 11.8. The van der Waals surface area contributed by atoms with Crippen LogP contribution in [-0.4, -0.2) is 34.1 Å². The highest BCUT2D eigenvalue weighted by atomic mass is 19.4. The maximum atomic E-state index is 13.0. The van der Waals surface area contributed by atoms with Crippen molar-refractivity contribution in [3.8, 4) is 0 Å². The summed E-state index contributed by atoms with van der Waals surface area (Å²) < 4.78 is 38.9. The molecule has 1 N–H and O–H groups in total. The summed E-state index contributed by atoms with van der Waals surface area (Å²) in [6.07, 6.45) is -4.27. The van der Waals surface area contributed by atoms with E-state index in [4.69, 9.17) is 0 Å². The van der Waals surface area contributed by atoms with E-state index in [2.05, 4.69) is 5.10 Å². The van der Waals surface area contributed by atoms with Gasteiger partial charge in [-0.15, -0.1) is 0 Å². The molecule has 1 aromatic carbocycles. The van der Waals surface area contributed by atoms with Crippen molar-refractivity contribution < 1.29 is 23.1 Å². The molecule has 0 saturated heterocycles. The number of hydrogen-bond acceptors (Lipinski definition) is 3. The Balaban J connectivity index is 1.76. The molecule has 1 heterocycles. The summed E-state index contributed by atoms with van der Waals surface area (Å²) in [6.45, 7) is 1.93. The Morgan fingerprint density at radius 2 is 2.00 bits per heavy atom. The van der Waals surface area contributed by atoms with Gasteiger partial charge in [-0.05, 0) is 24.8 Å². The fourth-order valence-corrected chi connectivity index (χ4v) is 2.71. The summed E-state index contributed by atoms with van der Waals surface area (Å²) in [4.78, 5) is 12.3. The number of aliphatic hydroxyl groups is 1. The zero-order valence-corrected chi connectivity index (χ0v) is 11.8. The summed E-state index contributed by atoms with van der Waals surface area (Å²) in [5.74, 6) is -1.45. The maximum absolute atomic E-state index is 13.0. The minimum atomic E-state index is -4.94. The Morgan fingerprint density at radius 1 is 1.36 bits per heavy atom. The van der Waals surface area contributed by atoms with Gasteiger partial charge in [-0.1, -0.05) is 29.8 Å². The molecule has 1 amide bonds. The quantitative estimate of drug-likeness (QED) is 0.912. The van der Waals surface area contributed by atoms with Gasteiger partial charge in [0, 0.05) is 18.6 Å². The Kier molecular flexibility index (Phi) is 3.28. The molecule has 118 valence electrons. The number of carbonyl (C=O) groups excluding carboxylic acids is 1. The smallest absolute Gasteiger partial charge is 0.362 e. The highest BCUT2D eigenvalue weighted by Gasteiger charge is 2.63. The number of alkyl halides is 3. The first-order valence-corrected chi connectivity index (χ1v) is 6.96. The fraction of sp³-hybridized carbons (Fsp3) is 0.467. The number of aryl methyl sites for hydroxylation is 1. The largest absolute Gasteiger partial charge is 0.438 e. The lowest BCUT2D eigenvalue weighted by Crippen LogP contribution is -2.56. The Morgan fingerprint density at radius 3 is 2.59 bits per heavy atom. The van der Waals surface area contributed by atoms with E-state index in [-0.39, 0.29) is 10.9 Å². The van der Waals surface area contributed by atoms with Crippen molar-refractivity contribution in [3.63, 3.8) is 0 Å². The molecule has 0 radical (unpaired) electrons. The zero-order chi connectivity index (χ0) is 16.1. The number of hydrogen-bond donors (Lipinski definition) is 1. The van der Waals surface area contributed by atoms with Crippen LogP contribution in [-0.2, 0) is 4.79 Å². The first-order valence-electron chi connectivity index (χ1n) is 6.96. The van der Waals surface area contributed by atoms with E-state index in [1.165, 1.54) is 0 Å². The second kappa shape index (κ2) is 4.81. The summed E-state index contributed by atoms with van der Waals surface area (Å²) in [5.41, 5.74) is -1.23. The highest BCUT2D eigenvalue weighted by Crippen LogP contribution is 2.50. The summed E-state index contributed by atoms with van der Waals surface area (Å²) >= 11 is 0. The highest BCUT2D eigenvalue weighted by molar-refractivity contribution is 5.85. The van der Waals surface area contributed by atoms with Crippen LogP contribution >= 0.6 is 0 Å². The second-order valence-corrected chi connectivity index (χ2v) is 5.83. The first-order chi connectivity index (χ1) is 10.2. The minimum Gasteiger partial charge on any atom is -0.362 e. The molecular weight excluding hydrogens is 297 g/mol. The normalized spacial score (nSPS) is 30.7. The van der Waals surface area contributed by atoms with Crippen LogP contribution in [0.3, 0.4) is 0 Å². The van der Waals surface area contributed by atoms with Crippen molar-refractivity contribution in [2.24, 2.45) is 11.0 Å². The summed E-state index contributed by atoms with van der Waals surface area (Å²) in [7, 11) is 0. The van der Waals surface area contributed by atoms with Gasteiger partial charge in [0.1, 0.15) is 0 Å². The van der Waals surface area contributed by atoms with Crippen molar-refractivity contribution in [2.75, 3.05) is 0 Å². The van der Waals surface area contributed by atoms with Crippen LogP contribution in [0.1, 0.15) is 29.9 Å². The lowest BCUT2D eigenvalue weighted by Gasteiger charge is -2.32. The SMILES string of the molecule is Cc1ccc([C@H]2C[C@H]2C(=O)N2N=CC[C@@]2(O)C(F)(F)F)cc1. The fourth-order valence-electron chi connectivity index (χ4n) is 2.71. The van der Waals surface area contributed by atoms with Crippen LogP contribution in [0.4, 0.5) is 13.2 Å². The van der Waals surface area contributed by atoms with Crippen LogP contribution in [0, 0.1) is 12.8 Å². The third-order valence-electron chi connectivity index (χ3n) is 4.20. The molecule has 1 aromatic rings. The van der Waals surface area contributed by atoms with Crippen molar-refractivity contribution in [1.29, 1.82) is 0 Å². The van der Waals surface area contributed by atoms with E-state index in [1.807, 2.05) is 31.2 Å². The first kappa shape index (κ1) is 15.0. The summed E-state index contributed by atoms with van der Waals surface area (Å²) in [6, 6.07) is 7.54. The third-order valence-corrected chi connectivity index (χ3v) is 4.20. The predicted octanol–water partition coefficient (Wildman–Crippen LogP) is 2.57. The van der Waals surface area contributed by atoms with Gasteiger partial charge >= 0.3 is 6.18 Å². The van der Waals surface area contributed by atoms with Crippen LogP contribution in [0.5, 0.6) is 0 Å². The third kappa shape index (κ3) is 2.29. The van der Waals surface area contributed by atoms with Crippen LogP contribution < -0.4 is 0 Å². The maximum Gasteiger partial charge on any atom is 0.438 e. The lowest BCUT2D eigenvalue weighted by molar-refractivity contribution is -0.302. The Labute approximate surface area is 125 Å². The van der Waals surface area contributed by atoms with Gasteiger partial charge in [0.05, 0.1) is 0 Å². The molecule has 0 spiro atoms. The van der Waals surface area contributed by atoms with E-state index in [0.29, 0.717) is 6.42 Å². The molecule has 7 heteroatoms. The molecule has 3 atom stereocenters. The van der Waals surface area contributed by atoms with Crippen LogP contribution in [0.2, 0.25) is 0 Å². The van der Waals surface area contributed by atoms with Crippen LogP contribution in [0.25, 0.3) is 0 Å². The van der Waals surface area contributed by atoms with E-state index in [0.717, 1.165) is 17.3 Å². The number of hydrazone groups is 1. The van der Waals surface area contributed by atoms with Gasteiger partial charge in [0.25, 0.3) is 5.72 Å². The number of benzene rings is 1. The molecule has 0 bridgehead atoms. The Hall–Kier alpha value is -1.89. The number of halogens is 3. The van der Waals surface area contributed by atoms with E-state index < -0.39 is 30.1 Å². The number of rotatable bonds is 2. The van der Waals surface area contributed by atoms with Gasteiger partial charge in [-0.25, -0.2) is 0 Å². The van der Waals surface area contributed by atoms with Gasteiger partial charge in [-0.3, -0.25) is 4.79 Å². The predicted molar refractivity (Wildman–Crippen MR) is 73.0 cm³/mol. The molecule has 22 heavy (non-hydrogen) atoms. The molecule has 1 aliphatic heterocycles. The van der Waals surface area contributed by atoms with E-state index in [1.54, 1.807) is 0 Å². The number of nitrogens with zero attached hydrogens (tertiary/aromatic N) is 2. The number of amides is 1. The molecule has 1 fully saturated rings. The standard InChI is InChI=1S/C15H15F3N2O2/c1-9-2-4-10(5-3-9)11-8-12(11)13(21)20-14(22,6-7-19-20)15(16,17)18/h2-5,7,11-12,22H,6,8H2,1H3/t11-,12-,14-/m1/s1. The van der Waals surface area contributed by atoms with Gasteiger partial charge in [-0.2, -0.15) is 23.3 Å². The van der Waals surface area contributed by atoms with Gasteiger partial charge < -0.3 is 5.11 Å². The van der Waals surface area contributed by atoms with Gasteiger partial charge in [0.2, 0.25) is 5.91 Å². The molecule has 3 rings (SSSR count). The Bertz CT molecular complexity index is 627. The van der Waals surface area contributed by atoms with Crippen molar-refractivity contribution in [1.82, 2.24) is 5.01 Å². The average molecular weight is 312 g/mol. The molecule has 1 aliphatic carbocycles. The van der Waals surface area contributed by atoms with Crippen LogP contribution in [0.15, 0.2) is 29.4 Å². The molecule has 4 nitrogen and oxygen atoms in total. The van der Waals surface area contributed by atoms with Crippen molar-refractivity contribution >= 4 is 12.1 Å². The van der Waals surface area contributed by atoms with Crippen molar-refractivity contribution in [2.45, 2.75) is 37.6 Å². The molecule has 1 saturated carbocycles. The monoisotopic (exact) mass is 312 g/mol. The molecule has 0 aromatic heterocycles. The van der Waals surface area contributed by atoms with E-state index >= 15 is 0 Å². The lowest BCUT2D eigenvalue weighted by atomic mass is 10.1. The van der Waals surface area contributed by atoms with Gasteiger partial charge in [0.15, 0.2) is 0 Å². The molecule has 0 unspecified atom stereocenters. The molecule has 2 aliphatic rings. The molecular formula is C15H15F3N2O2. The topological polar surface area (TPSA) is 52.9 Å². The number of carbonyl (C=O) groups is 1. The minimum absolute atomic E-state index is 0.110. The van der Waals surface area contributed by atoms with Crippen molar-refractivity contribution in [3.05, 3.63) is 35.4 Å².